The van der Waals surface area contributed by atoms with Crippen LogP contribution in [0.15, 0.2) is 28.7 Å². The molecule has 5 heteroatoms. The third kappa shape index (κ3) is 6.15. The number of amides is 1. The zero-order valence-corrected chi connectivity index (χ0v) is 15.6. The van der Waals surface area contributed by atoms with Gasteiger partial charge in [0, 0.05) is 17.1 Å². The Morgan fingerprint density at radius 2 is 1.96 bits per heavy atom. The summed E-state index contributed by atoms with van der Waals surface area (Å²) in [6.07, 6.45) is 6.01. The van der Waals surface area contributed by atoms with Crippen LogP contribution >= 0.6 is 15.9 Å². The van der Waals surface area contributed by atoms with Gasteiger partial charge in [0.15, 0.2) is 0 Å². The monoisotopic (exact) mass is 382 g/mol. The molecule has 1 aromatic carbocycles. The molecule has 0 heterocycles. The van der Waals surface area contributed by atoms with E-state index in [1.54, 1.807) is 0 Å². The van der Waals surface area contributed by atoms with Gasteiger partial charge >= 0.3 is 0 Å². The molecule has 4 nitrogen and oxygen atoms in total. The van der Waals surface area contributed by atoms with Gasteiger partial charge in [-0.1, -0.05) is 35.2 Å². The second kappa shape index (κ2) is 9.28. The SMILES string of the molecule is C[C@@H](C(=O)NC1CCCCC1)N(C)CCOc1ccc(Br)cc1. The molecule has 1 saturated carbocycles. The lowest BCUT2D eigenvalue weighted by Crippen LogP contribution is -2.48. The van der Waals surface area contributed by atoms with Crippen molar-refractivity contribution in [2.75, 3.05) is 20.2 Å². The number of rotatable bonds is 7. The number of ether oxygens (including phenoxy) is 1. The van der Waals surface area contributed by atoms with Gasteiger partial charge < -0.3 is 10.1 Å². The zero-order valence-electron chi connectivity index (χ0n) is 14.1. The van der Waals surface area contributed by atoms with E-state index >= 15 is 0 Å². The summed E-state index contributed by atoms with van der Waals surface area (Å²) in [6, 6.07) is 8.02. The molecule has 1 aliphatic carbocycles. The maximum atomic E-state index is 12.3. The first-order valence-corrected chi connectivity index (χ1v) is 9.24. The van der Waals surface area contributed by atoms with Crippen LogP contribution in [0.5, 0.6) is 5.75 Å². The van der Waals surface area contributed by atoms with Gasteiger partial charge in [-0.3, -0.25) is 9.69 Å². The Hall–Kier alpha value is -1.07. The largest absolute Gasteiger partial charge is 0.492 e. The van der Waals surface area contributed by atoms with E-state index in [0.29, 0.717) is 12.6 Å². The number of nitrogens with zero attached hydrogens (tertiary/aromatic N) is 1. The quantitative estimate of drug-likeness (QED) is 0.782. The Bertz CT molecular complexity index is 486. The molecule has 1 fully saturated rings. The third-order valence-corrected chi connectivity index (χ3v) is 5.05. The van der Waals surface area contributed by atoms with Gasteiger partial charge in [-0.15, -0.1) is 0 Å². The third-order valence-electron chi connectivity index (χ3n) is 4.52. The van der Waals surface area contributed by atoms with Crippen molar-refractivity contribution in [1.82, 2.24) is 10.2 Å². The minimum absolute atomic E-state index is 0.128. The average molecular weight is 383 g/mol. The average Bonchev–Trinajstić information content (AvgIpc) is 2.56. The van der Waals surface area contributed by atoms with E-state index in [9.17, 15) is 4.79 Å². The lowest BCUT2D eigenvalue weighted by atomic mass is 9.95. The predicted octanol–water partition coefficient (Wildman–Crippen LogP) is 3.60. The van der Waals surface area contributed by atoms with Gasteiger partial charge in [0.1, 0.15) is 12.4 Å². The maximum absolute atomic E-state index is 12.3. The maximum Gasteiger partial charge on any atom is 0.237 e. The molecular formula is C18H27BrN2O2. The molecule has 0 spiro atoms. The fourth-order valence-corrected chi connectivity index (χ4v) is 3.07. The summed E-state index contributed by atoms with van der Waals surface area (Å²) in [4.78, 5) is 14.4. The van der Waals surface area contributed by atoms with Crippen molar-refractivity contribution in [2.45, 2.75) is 51.1 Å². The highest BCUT2D eigenvalue weighted by molar-refractivity contribution is 9.10. The minimum atomic E-state index is -0.134. The summed E-state index contributed by atoms with van der Waals surface area (Å²) >= 11 is 3.40. The molecule has 0 bridgehead atoms. The van der Waals surface area contributed by atoms with Crippen molar-refractivity contribution >= 4 is 21.8 Å². The van der Waals surface area contributed by atoms with Gasteiger partial charge in [-0.05, 0) is 51.1 Å². The van der Waals surface area contributed by atoms with Crippen LogP contribution in [-0.2, 0) is 4.79 Å². The van der Waals surface area contributed by atoms with Crippen molar-refractivity contribution in [3.63, 3.8) is 0 Å². The summed E-state index contributed by atoms with van der Waals surface area (Å²) < 4.78 is 6.75. The molecule has 0 radical (unpaired) electrons. The number of halogens is 1. The Kier molecular flexibility index (Phi) is 7.37. The van der Waals surface area contributed by atoms with Crippen molar-refractivity contribution in [2.24, 2.45) is 0 Å². The van der Waals surface area contributed by atoms with Crippen LogP contribution in [0.25, 0.3) is 0 Å². The lowest BCUT2D eigenvalue weighted by Gasteiger charge is -2.28. The first-order chi connectivity index (χ1) is 11.1. The van der Waals surface area contributed by atoms with Crippen molar-refractivity contribution in [3.8, 4) is 5.75 Å². The fraction of sp³-hybridized carbons (Fsp3) is 0.611. The summed E-state index contributed by atoms with van der Waals surface area (Å²) in [7, 11) is 1.97. The summed E-state index contributed by atoms with van der Waals surface area (Å²) in [6.45, 7) is 3.24. The van der Waals surface area contributed by atoms with Crippen LogP contribution in [-0.4, -0.2) is 43.1 Å². The molecule has 0 saturated heterocycles. The van der Waals surface area contributed by atoms with Crippen molar-refractivity contribution in [3.05, 3.63) is 28.7 Å². The van der Waals surface area contributed by atoms with Gasteiger partial charge in [0.05, 0.1) is 6.04 Å². The standard InChI is InChI=1S/C18H27BrN2O2/c1-14(18(22)20-16-6-4-3-5-7-16)21(2)12-13-23-17-10-8-15(19)9-11-17/h8-11,14,16H,3-7,12-13H2,1-2H3,(H,20,22)/t14-/m0/s1. The van der Waals surface area contributed by atoms with E-state index in [2.05, 4.69) is 21.2 Å². The van der Waals surface area contributed by atoms with E-state index in [0.717, 1.165) is 29.6 Å². The molecule has 0 aromatic heterocycles. The molecule has 1 N–H and O–H groups in total. The van der Waals surface area contributed by atoms with Crippen molar-refractivity contribution in [1.29, 1.82) is 0 Å². The number of benzene rings is 1. The lowest BCUT2D eigenvalue weighted by molar-refractivity contribution is -0.126. The number of nitrogens with one attached hydrogen (secondary N) is 1. The van der Waals surface area contributed by atoms with Crippen LogP contribution in [0.4, 0.5) is 0 Å². The fourth-order valence-electron chi connectivity index (χ4n) is 2.80. The highest BCUT2D eigenvalue weighted by Gasteiger charge is 2.22. The highest BCUT2D eigenvalue weighted by Crippen LogP contribution is 2.18. The second-order valence-corrected chi connectivity index (χ2v) is 7.22. The number of carbonyl (C=O) groups is 1. The van der Waals surface area contributed by atoms with Gasteiger partial charge in [-0.2, -0.15) is 0 Å². The Labute approximate surface area is 147 Å². The highest BCUT2D eigenvalue weighted by atomic mass is 79.9. The van der Waals surface area contributed by atoms with Crippen LogP contribution in [0.3, 0.4) is 0 Å². The number of likely N-dealkylation sites (N-methyl/N-ethyl adjacent to an activating group) is 1. The predicted molar refractivity (Wildman–Crippen MR) is 96.7 cm³/mol. The Balaban J connectivity index is 1.69. The minimum Gasteiger partial charge on any atom is -0.492 e. The van der Waals surface area contributed by atoms with E-state index < -0.39 is 0 Å². The van der Waals surface area contributed by atoms with E-state index in [4.69, 9.17) is 4.74 Å². The van der Waals surface area contributed by atoms with Crippen LogP contribution in [0.2, 0.25) is 0 Å². The Morgan fingerprint density at radius 3 is 2.61 bits per heavy atom. The first kappa shape index (κ1) is 18.3. The smallest absolute Gasteiger partial charge is 0.237 e. The second-order valence-electron chi connectivity index (χ2n) is 6.30. The molecule has 23 heavy (non-hydrogen) atoms. The molecule has 0 aliphatic heterocycles. The molecule has 1 aromatic rings. The first-order valence-electron chi connectivity index (χ1n) is 8.45. The number of hydrogen-bond donors (Lipinski definition) is 1. The molecule has 0 unspecified atom stereocenters. The Morgan fingerprint density at radius 1 is 1.30 bits per heavy atom. The normalized spacial score (nSPS) is 17.0. The molecule has 1 atom stereocenters. The van der Waals surface area contributed by atoms with E-state index in [1.165, 1.54) is 19.3 Å². The zero-order chi connectivity index (χ0) is 16.7. The van der Waals surface area contributed by atoms with E-state index in [-0.39, 0.29) is 11.9 Å². The van der Waals surface area contributed by atoms with Crippen LogP contribution < -0.4 is 10.1 Å². The molecule has 1 aliphatic rings. The van der Waals surface area contributed by atoms with Crippen molar-refractivity contribution < 1.29 is 9.53 Å². The van der Waals surface area contributed by atoms with Crippen LogP contribution in [0, 0.1) is 0 Å². The summed E-state index contributed by atoms with van der Waals surface area (Å²) in [5.41, 5.74) is 0. The number of hydrogen-bond acceptors (Lipinski definition) is 3. The number of carbonyl (C=O) groups excluding carboxylic acids is 1. The van der Waals surface area contributed by atoms with Gasteiger partial charge in [-0.25, -0.2) is 0 Å². The molecule has 1 amide bonds. The van der Waals surface area contributed by atoms with Crippen LogP contribution in [0.1, 0.15) is 39.0 Å². The van der Waals surface area contributed by atoms with Gasteiger partial charge in [0.2, 0.25) is 5.91 Å². The van der Waals surface area contributed by atoms with Gasteiger partial charge in [0.25, 0.3) is 0 Å². The molecule has 2 rings (SSSR count). The molecular weight excluding hydrogens is 356 g/mol. The van der Waals surface area contributed by atoms with E-state index in [1.807, 2.05) is 43.1 Å². The topological polar surface area (TPSA) is 41.6 Å². The summed E-state index contributed by atoms with van der Waals surface area (Å²) in [5.74, 6) is 0.976. The molecule has 128 valence electrons. The summed E-state index contributed by atoms with van der Waals surface area (Å²) in [5, 5.41) is 3.19.